The second-order valence-corrected chi connectivity index (χ2v) is 8.93. The number of alkyl halides is 3. The lowest BCUT2D eigenvalue weighted by atomic mass is 10.2. The monoisotopic (exact) mass is 443 g/mol. The summed E-state index contributed by atoms with van der Waals surface area (Å²) >= 11 is 6.01. The number of hydrogen-bond acceptors (Lipinski definition) is 5. The topological polar surface area (TPSA) is 82.1 Å². The average molecular weight is 444 g/mol. The summed E-state index contributed by atoms with van der Waals surface area (Å²) in [6.07, 6.45) is -2.45. The standard InChI is InChI=1S/C17H13ClF3N5O2S/c1-3-29(27,28)16-13(24-12-5-4-10(18)8-26(12)16)15-23-11-6-9(17(19,20)21)7-22-14(11)25(15)2/h4-8H,3H2,1-2H3. The molecular formula is C17H13ClF3N5O2S. The quantitative estimate of drug-likeness (QED) is 0.481. The van der Waals surface area contributed by atoms with Gasteiger partial charge in [0.15, 0.2) is 26.3 Å². The van der Waals surface area contributed by atoms with Gasteiger partial charge in [0.05, 0.1) is 16.3 Å². The van der Waals surface area contributed by atoms with Crippen molar-refractivity contribution < 1.29 is 21.6 Å². The van der Waals surface area contributed by atoms with Gasteiger partial charge in [-0.05, 0) is 18.2 Å². The van der Waals surface area contributed by atoms with Gasteiger partial charge in [0.2, 0.25) is 0 Å². The third-order valence-electron chi connectivity index (χ3n) is 4.46. The minimum atomic E-state index is -4.57. The molecule has 4 aromatic heterocycles. The largest absolute Gasteiger partial charge is 0.417 e. The van der Waals surface area contributed by atoms with E-state index in [0.717, 1.165) is 6.07 Å². The van der Waals surface area contributed by atoms with Crippen LogP contribution in [0.2, 0.25) is 5.02 Å². The number of halogens is 4. The Kier molecular flexibility index (Phi) is 4.35. The number of rotatable bonds is 3. The second-order valence-electron chi connectivity index (χ2n) is 6.30. The summed E-state index contributed by atoms with van der Waals surface area (Å²) in [6, 6.07) is 3.97. The van der Waals surface area contributed by atoms with Gasteiger partial charge in [0.25, 0.3) is 0 Å². The Morgan fingerprint density at radius 2 is 1.93 bits per heavy atom. The van der Waals surface area contributed by atoms with Crippen LogP contribution in [0.4, 0.5) is 13.2 Å². The molecule has 0 atom stereocenters. The molecule has 7 nitrogen and oxygen atoms in total. The van der Waals surface area contributed by atoms with Gasteiger partial charge in [-0.2, -0.15) is 13.2 Å². The van der Waals surface area contributed by atoms with Gasteiger partial charge < -0.3 is 4.57 Å². The molecule has 4 heterocycles. The molecule has 0 saturated heterocycles. The van der Waals surface area contributed by atoms with Gasteiger partial charge in [0.1, 0.15) is 16.9 Å². The number of aromatic nitrogens is 5. The predicted molar refractivity (Wildman–Crippen MR) is 100 cm³/mol. The summed E-state index contributed by atoms with van der Waals surface area (Å²) in [4.78, 5) is 12.4. The Morgan fingerprint density at radius 1 is 1.21 bits per heavy atom. The molecule has 0 fully saturated rings. The average Bonchev–Trinajstić information content (AvgIpc) is 3.18. The summed E-state index contributed by atoms with van der Waals surface area (Å²) < 4.78 is 67.3. The third-order valence-corrected chi connectivity index (χ3v) is 6.42. The number of aryl methyl sites for hydroxylation is 1. The van der Waals surface area contributed by atoms with E-state index in [4.69, 9.17) is 11.6 Å². The van der Waals surface area contributed by atoms with E-state index in [2.05, 4.69) is 15.0 Å². The van der Waals surface area contributed by atoms with Crippen LogP contribution in [0.25, 0.3) is 28.3 Å². The van der Waals surface area contributed by atoms with E-state index in [9.17, 15) is 21.6 Å². The van der Waals surface area contributed by atoms with E-state index in [0.29, 0.717) is 16.9 Å². The van der Waals surface area contributed by atoms with Crippen LogP contribution in [0, 0.1) is 0 Å². The van der Waals surface area contributed by atoms with E-state index >= 15 is 0 Å². The van der Waals surface area contributed by atoms with Gasteiger partial charge in [-0.1, -0.05) is 18.5 Å². The number of fused-ring (bicyclic) bond motifs is 2. The SMILES string of the molecule is CCS(=O)(=O)c1c(-c2nc3cc(C(F)(F)F)cnc3n2C)nc2ccc(Cl)cn12. The van der Waals surface area contributed by atoms with Crippen molar-refractivity contribution in [2.45, 2.75) is 18.1 Å². The van der Waals surface area contributed by atoms with Crippen LogP contribution in [0.5, 0.6) is 0 Å². The first-order valence-corrected chi connectivity index (χ1v) is 10.4. The van der Waals surface area contributed by atoms with Crippen molar-refractivity contribution in [2.75, 3.05) is 5.75 Å². The molecule has 0 aliphatic heterocycles. The van der Waals surface area contributed by atoms with Crippen molar-refractivity contribution in [1.82, 2.24) is 23.9 Å². The fraction of sp³-hybridized carbons (Fsp3) is 0.235. The first-order chi connectivity index (χ1) is 13.5. The van der Waals surface area contributed by atoms with Crippen molar-refractivity contribution in [1.29, 1.82) is 0 Å². The molecule has 0 bridgehead atoms. The van der Waals surface area contributed by atoms with Gasteiger partial charge in [0, 0.05) is 19.4 Å². The Labute approximate surface area is 167 Å². The van der Waals surface area contributed by atoms with Crippen molar-refractivity contribution in [3.63, 3.8) is 0 Å². The van der Waals surface area contributed by atoms with Gasteiger partial charge in [-0.15, -0.1) is 0 Å². The normalized spacial score (nSPS) is 12.9. The minimum Gasteiger partial charge on any atom is -0.310 e. The zero-order chi connectivity index (χ0) is 21.1. The number of nitrogens with zero attached hydrogens (tertiary/aromatic N) is 5. The fourth-order valence-corrected chi connectivity index (χ4v) is 4.33. The molecule has 0 unspecified atom stereocenters. The molecule has 0 aromatic carbocycles. The van der Waals surface area contributed by atoms with Crippen molar-refractivity contribution >= 4 is 38.2 Å². The molecule has 0 saturated carbocycles. The summed E-state index contributed by atoms with van der Waals surface area (Å²) in [6.45, 7) is 1.48. The number of sulfone groups is 1. The number of imidazole rings is 2. The van der Waals surface area contributed by atoms with Crippen LogP contribution in [0.3, 0.4) is 0 Å². The molecule has 0 aliphatic rings. The minimum absolute atomic E-state index is 0.0168. The second kappa shape index (κ2) is 6.42. The molecule has 0 N–H and O–H groups in total. The Bertz CT molecular complexity index is 1380. The van der Waals surface area contributed by atoms with Gasteiger partial charge in [-0.25, -0.2) is 23.4 Å². The maximum atomic E-state index is 13.0. The highest BCUT2D eigenvalue weighted by molar-refractivity contribution is 7.91. The van der Waals surface area contributed by atoms with E-state index < -0.39 is 21.6 Å². The van der Waals surface area contributed by atoms with Crippen molar-refractivity contribution in [2.24, 2.45) is 7.05 Å². The molecule has 4 aromatic rings. The number of hydrogen-bond donors (Lipinski definition) is 0. The lowest BCUT2D eigenvalue weighted by Crippen LogP contribution is -2.09. The molecule has 0 radical (unpaired) electrons. The van der Waals surface area contributed by atoms with E-state index in [1.807, 2.05) is 0 Å². The van der Waals surface area contributed by atoms with Crippen molar-refractivity contribution in [3.8, 4) is 11.5 Å². The summed E-state index contributed by atoms with van der Waals surface area (Å²) in [5, 5.41) is 0.169. The van der Waals surface area contributed by atoms with Crippen LogP contribution in [0.15, 0.2) is 35.6 Å². The maximum Gasteiger partial charge on any atom is 0.417 e. The van der Waals surface area contributed by atoms with E-state index in [-0.39, 0.29) is 33.5 Å². The Balaban J connectivity index is 2.06. The highest BCUT2D eigenvalue weighted by Crippen LogP contribution is 2.33. The van der Waals surface area contributed by atoms with E-state index in [1.54, 1.807) is 12.1 Å². The highest BCUT2D eigenvalue weighted by atomic mass is 35.5. The molecule has 0 amide bonds. The Morgan fingerprint density at radius 3 is 2.59 bits per heavy atom. The highest BCUT2D eigenvalue weighted by Gasteiger charge is 2.33. The van der Waals surface area contributed by atoms with Gasteiger partial charge in [-0.3, -0.25) is 4.40 Å². The van der Waals surface area contributed by atoms with Gasteiger partial charge >= 0.3 is 6.18 Å². The van der Waals surface area contributed by atoms with Crippen LogP contribution >= 0.6 is 11.6 Å². The molecule has 0 aliphatic carbocycles. The predicted octanol–water partition coefficient (Wildman–Crippen LogP) is 3.75. The zero-order valence-corrected chi connectivity index (χ0v) is 16.6. The van der Waals surface area contributed by atoms with Crippen LogP contribution in [-0.2, 0) is 23.1 Å². The molecule has 152 valence electrons. The fourth-order valence-electron chi connectivity index (χ4n) is 3.02. The third kappa shape index (κ3) is 3.14. The van der Waals surface area contributed by atoms with E-state index in [1.165, 1.54) is 29.1 Å². The van der Waals surface area contributed by atoms with Crippen LogP contribution in [0.1, 0.15) is 12.5 Å². The summed E-state index contributed by atoms with van der Waals surface area (Å²) in [5.41, 5.74) is -0.469. The lowest BCUT2D eigenvalue weighted by Gasteiger charge is -2.06. The molecule has 12 heteroatoms. The van der Waals surface area contributed by atoms with Crippen molar-refractivity contribution in [3.05, 3.63) is 41.2 Å². The lowest BCUT2D eigenvalue weighted by molar-refractivity contribution is -0.137. The van der Waals surface area contributed by atoms with Crippen LogP contribution < -0.4 is 0 Å². The maximum absolute atomic E-state index is 13.0. The molecular weight excluding hydrogens is 431 g/mol. The molecule has 4 rings (SSSR count). The zero-order valence-electron chi connectivity index (χ0n) is 15.1. The summed E-state index contributed by atoms with van der Waals surface area (Å²) in [7, 11) is -2.24. The molecule has 29 heavy (non-hydrogen) atoms. The first kappa shape index (κ1) is 19.6. The van der Waals surface area contributed by atoms with Crippen LogP contribution in [-0.4, -0.2) is 38.1 Å². The molecule has 0 spiro atoms. The first-order valence-electron chi connectivity index (χ1n) is 8.33. The summed E-state index contributed by atoms with van der Waals surface area (Å²) in [5.74, 6) is -0.126. The smallest absolute Gasteiger partial charge is 0.310 e. The Hall–Kier alpha value is -2.66. The number of pyridine rings is 2.